The summed E-state index contributed by atoms with van der Waals surface area (Å²) in [5, 5.41) is 2.84. The first kappa shape index (κ1) is 16.8. The monoisotopic (exact) mass is 354 g/mol. The summed E-state index contributed by atoms with van der Waals surface area (Å²) in [6, 6.07) is 6.70. The van der Waals surface area contributed by atoms with Crippen molar-refractivity contribution in [3.8, 4) is 0 Å². The lowest BCUT2D eigenvalue weighted by Gasteiger charge is -2.38. The lowest BCUT2D eigenvalue weighted by molar-refractivity contribution is -0.138. The molecule has 3 rings (SSSR count). The Morgan fingerprint density at radius 3 is 2.62 bits per heavy atom. The Morgan fingerprint density at radius 2 is 2.04 bits per heavy atom. The predicted octanol–water partition coefficient (Wildman–Crippen LogP) is 4.43. The average Bonchev–Trinajstić information content (AvgIpc) is 2.53. The smallest absolute Gasteiger partial charge is 0.349 e. The number of benzene rings is 1. The van der Waals surface area contributed by atoms with Crippen LogP contribution in [0.2, 0.25) is 5.02 Å². The van der Waals surface area contributed by atoms with Crippen molar-refractivity contribution in [2.45, 2.75) is 31.0 Å². The maximum atomic E-state index is 13.2. The summed E-state index contributed by atoms with van der Waals surface area (Å²) in [7, 11) is 0. The van der Waals surface area contributed by atoms with Crippen LogP contribution in [-0.2, 0) is 6.18 Å². The van der Waals surface area contributed by atoms with Crippen LogP contribution < -0.4 is 5.32 Å². The number of carbonyl (C=O) groups excluding carboxylic acids is 1. The summed E-state index contributed by atoms with van der Waals surface area (Å²) < 4.78 is 39.7. The molecule has 1 aromatic carbocycles. The summed E-state index contributed by atoms with van der Waals surface area (Å²) >= 11 is 5.71. The van der Waals surface area contributed by atoms with Crippen molar-refractivity contribution in [1.29, 1.82) is 0 Å². The topological polar surface area (TPSA) is 42.0 Å². The Labute approximate surface area is 141 Å². The summed E-state index contributed by atoms with van der Waals surface area (Å²) in [6.07, 6.45) is -0.286. The van der Waals surface area contributed by atoms with Crippen LogP contribution in [0.5, 0.6) is 0 Å². The van der Waals surface area contributed by atoms with Crippen LogP contribution in [-0.4, -0.2) is 16.9 Å². The van der Waals surface area contributed by atoms with Gasteiger partial charge in [-0.1, -0.05) is 17.7 Å². The van der Waals surface area contributed by atoms with Crippen LogP contribution >= 0.6 is 11.6 Å². The van der Waals surface area contributed by atoms with Gasteiger partial charge in [0.05, 0.1) is 11.1 Å². The number of amides is 1. The second-order valence-electron chi connectivity index (χ2n) is 5.73. The van der Waals surface area contributed by atoms with Crippen LogP contribution in [0.15, 0.2) is 42.7 Å². The van der Waals surface area contributed by atoms with Gasteiger partial charge in [-0.15, -0.1) is 0 Å². The molecule has 1 aromatic heterocycles. The fraction of sp³-hybridized carbons (Fsp3) is 0.294. The zero-order valence-corrected chi connectivity index (χ0v) is 13.2. The summed E-state index contributed by atoms with van der Waals surface area (Å²) in [6.45, 7) is 0. The van der Waals surface area contributed by atoms with E-state index < -0.39 is 11.7 Å². The molecule has 2 unspecified atom stereocenters. The van der Waals surface area contributed by atoms with Gasteiger partial charge < -0.3 is 5.32 Å². The Kier molecular flexibility index (Phi) is 4.49. The van der Waals surface area contributed by atoms with E-state index in [1.807, 2.05) is 0 Å². The molecule has 0 radical (unpaired) electrons. The molecule has 1 aliphatic carbocycles. The largest absolute Gasteiger partial charge is 0.416 e. The Balaban J connectivity index is 1.81. The molecule has 24 heavy (non-hydrogen) atoms. The highest BCUT2D eigenvalue weighted by Gasteiger charge is 2.41. The predicted molar refractivity (Wildman–Crippen MR) is 83.9 cm³/mol. The van der Waals surface area contributed by atoms with E-state index in [9.17, 15) is 18.0 Å². The molecule has 1 N–H and O–H groups in total. The highest BCUT2D eigenvalue weighted by molar-refractivity contribution is 6.30. The van der Waals surface area contributed by atoms with Gasteiger partial charge in [0.2, 0.25) is 0 Å². The first-order chi connectivity index (χ1) is 11.4. The van der Waals surface area contributed by atoms with E-state index in [0.29, 0.717) is 18.4 Å². The number of pyridine rings is 1. The number of rotatable bonds is 3. The van der Waals surface area contributed by atoms with Gasteiger partial charge in [0.1, 0.15) is 0 Å². The first-order valence-electron chi connectivity index (χ1n) is 7.44. The minimum Gasteiger partial charge on any atom is -0.349 e. The lowest BCUT2D eigenvalue weighted by Crippen LogP contribution is -2.46. The number of alkyl halides is 3. The molecule has 1 amide bonds. The molecule has 7 heteroatoms. The molecule has 1 aliphatic rings. The quantitative estimate of drug-likeness (QED) is 0.886. The van der Waals surface area contributed by atoms with E-state index in [2.05, 4.69) is 10.3 Å². The Hall–Kier alpha value is -2.08. The van der Waals surface area contributed by atoms with Gasteiger partial charge in [-0.3, -0.25) is 9.78 Å². The number of nitrogens with one attached hydrogen (secondary N) is 1. The fourth-order valence-electron chi connectivity index (χ4n) is 2.89. The van der Waals surface area contributed by atoms with E-state index in [1.165, 1.54) is 18.3 Å². The molecule has 1 fully saturated rings. The van der Waals surface area contributed by atoms with Gasteiger partial charge in [0.15, 0.2) is 0 Å². The number of carbonyl (C=O) groups is 1. The normalized spacial score (nSPS) is 20.3. The van der Waals surface area contributed by atoms with Crippen LogP contribution in [0.3, 0.4) is 0 Å². The maximum Gasteiger partial charge on any atom is 0.416 e. The van der Waals surface area contributed by atoms with E-state index in [0.717, 1.165) is 6.07 Å². The van der Waals surface area contributed by atoms with Crippen molar-refractivity contribution in [3.63, 3.8) is 0 Å². The zero-order valence-electron chi connectivity index (χ0n) is 12.5. The molecule has 0 aliphatic heterocycles. The minimum absolute atomic E-state index is 0.0429. The first-order valence-corrected chi connectivity index (χ1v) is 7.81. The van der Waals surface area contributed by atoms with Crippen LogP contribution in [0, 0.1) is 0 Å². The van der Waals surface area contributed by atoms with E-state index in [4.69, 9.17) is 11.6 Å². The number of hydrogen-bond acceptors (Lipinski definition) is 2. The Bertz CT molecular complexity index is 749. The standard InChI is InChI=1S/C17H14ClF3N2O/c18-11-3-4-12(14(8-11)17(19,20)21)13-5-6-15(13)23-16(24)10-2-1-7-22-9-10/h1-4,7-9,13,15H,5-6H2,(H,23,24). The number of aromatic nitrogens is 1. The highest BCUT2D eigenvalue weighted by Crippen LogP contribution is 2.44. The number of nitrogens with zero attached hydrogens (tertiary/aromatic N) is 1. The van der Waals surface area contributed by atoms with Crippen molar-refractivity contribution >= 4 is 17.5 Å². The fourth-order valence-corrected chi connectivity index (χ4v) is 3.06. The molecule has 3 nitrogen and oxygen atoms in total. The van der Waals surface area contributed by atoms with Crippen molar-refractivity contribution in [1.82, 2.24) is 10.3 Å². The molecule has 0 bridgehead atoms. The summed E-state index contributed by atoms with van der Waals surface area (Å²) in [5.41, 5.74) is -0.176. The third-order valence-electron chi connectivity index (χ3n) is 4.23. The van der Waals surface area contributed by atoms with Gasteiger partial charge in [0.25, 0.3) is 5.91 Å². The molecule has 2 atom stereocenters. The van der Waals surface area contributed by atoms with Gasteiger partial charge in [0, 0.05) is 29.4 Å². The second-order valence-corrected chi connectivity index (χ2v) is 6.17. The SMILES string of the molecule is O=C(NC1CCC1c1ccc(Cl)cc1C(F)(F)F)c1cccnc1. The molecular weight excluding hydrogens is 341 g/mol. The van der Waals surface area contributed by atoms with Crippen molar-refractivity contribution in [2.75, 3.05) is 0 Å². The average molecular weight is 355 g/mol. The van der Waals surface area contributed by atoms with Gasteiger partial charge >= 0.3 is 6.18 Å². The number of halogens is 4. The van der Waals surface area contributed by atoms with Crippen LogP contribution in [0.25, 0.3) is 0 Å². The molecule has 126 valence electrons. The van der Waals surface area contributed by atoms with Crippen molar-refractivity contribution < 1.29 is 18.0 Å². The van der Waals surface area contributed by atoms with Crippen molar-refractivity contribution in [3.05, 3.63) is 64.4 Å². The van der Waals surface area contributed by atoms with Gasteiger partial charge in [-0.05, 0) is 42.7 Å². The Morgan fingerprint density at radius 1 is 1.25 bits per heavy atom. The highest BCUT2D eigenvalue weighted by atomic mass is 35.5. The molecule has 0 saturated heterocycles. The maximum absolute atomic E-state index is 13.2. The second kappa shape index (κ2) is 6.43. The number of hydrogen-bond donors (Lipinski definition) is 1. The van der Waals surface area contributed by atoms with Crippen molar-refractivity contribution in [2.24, 2.45) is 0 Å². The molecule has 1 saturated carbocycles. The van der Waals surface area contributed by atoms with E-state index in [1.54, 1.807) is 18.3 Å². The third-order valence-corrected chi connectivity index (χ3v) is 4.47. The lowest BCUT2D eigenvalue weighted by atomic mass is 9.73. The van der Waals surface area contributed by atoms with Crippen LogP contribution in [0.1, 0.15) is 40.2 Å². The minimum atomic E-state index is -4.48. The van der Waals surface area contributed by atoms with Crippen LogP contribution in [0.4, 0.5) is 13.2 Å². The molecular formula is C17H14ClF3N2O. The summed E-state index contributed by atoms with van der Waals surface area (Å²) in [5.74, 6) is -0.708. The van der Waals surface area contributed by atoms with Gasteiger partial charge in [-0.25, -0.2) is 0 Å². The van der Waals surface area contributed by atoms with E-state index in [-0.39, 0.29) is 28.5 Å². The third kappa shape index (κ3) is 3.38. The molecule has 0 spiro atoms. The summed E-state index contributed by atoms with van der Waals surface area (Å²) in [4.78, 5) is 16.0. The zero-order chi connectivity index (χ0) is 17.3. The molecule has 2 aromatic rings. The van der Waals surface area contributed by atoms with Gasteiger partial charge in [-0.2, -0.15) is 13.2 Å². The van der Waals surface area contributed by atoms with E-state index >= 15 is 0 Å². The molecule has 1 heterocycles.